The Morgan fingerprint density at radius 3 is 2.75 bits per heavy atom. The summed E-state index contributed by atoms with van der Waals surface area (Å²) in [5.41, 5.74) is 2.10. The Hall–Kier alpha value is -0.830. The second-order valence-corrected chi connectivity index (χ2v) is 4.72. The normalized spacial score (nSPS) is 10.2. The van der Waals surface area contributed by atoms with Crippen LogP contribution in [0.1, 0.15) is 38.7 Å². The topological polar surface area (TPSA) is 29.1 Å². The van der Waals surface area contributed by atoms with Gasteiger partial charge in [0.2, 0.25) is 5.91 Å². The van der Waals surface area contributed by atoms with E-state index in [9.17, 15) is 4.79 Å². The molecule has 1 rings (SSSR count). The van der Waals surface area contributed by atoms with E-state index in [0.717, 1.165) is 29.4 Å². The monoisotopic (exact) mass is 283 g/mol. The van der Waals surface area contributed by atoms with Gasteiger partial charge in [0.15, 0.2) is 0 Å². The minimum Gasteiger partial charge on any atom is -0.326 e. The quantitative estimate of drug-likeness (QED) is 0.865. The van der Waals surface area contributed by atoms with E-state index in [2.05, 4.69) is 41.2 Å². The van der Waals surface area contributed by atoms with Gasteiger partial charge in [-0.25, -0.2) is 0 Å². The van der Waals surface area contributed by atoms with Gasteiger partial charge in [0.05, 0.1) is 0 Å². The summed E-state index contributed by atoms with van der Waals surface area (Å²) in [6, 6.07) is 5.96. The van der Waals surface area contributed by atoms with Crippen molar-refractivity contribution in [3.05, 3.63) is 28.2 Å². The Labute approximate surface area is 106 Å². The first kappa shape index (κ1) is 13.2. The van der Waals surface area contributed by atoms with Crippen molar-refractivity contribution in [2.24, 2.45) is 0 Å². The van der Waals surface area contributed by atoms with E-state index in [1.54, 1.807) is 0 Å². The maximum Gasteiger partial charge on any atom is 0.224 e. The summed E-state index contributed by atoms with van der Waals surface area (Å²) >= 11 is 3.43. The molecule has 0 spiro atoms. The average molecular weight is 284 g/mol. The van der Waals surface area contributed by atoms with Crippen LogP contribution in [0.3, 0.4) is 0 Å². The molecule has 0 heterocycles. The van der Waals surface area contributed by atoms with E-state index < -0.39 is 0 Å². The number of halogens is 1. The molecule has 1 amide bonds. The molecule has 88 valence electrons. The van der Waals surface area contributed by atoms with Crippen LogP contribution in [0.2, 0.25) is 0 Å². The van der Waals surface area contributed by atoms with E-state index in [-0.39, 0.29) is 5.91 Å². The number of carbonyl (C=O) groups excluding carboxylic acids is 1. The van der Waals surface area contributed by atoms with Crippen LogP contribution in [-0.4, -0.2) is 5.91 Å². The van der Waals surface area contributed by atoms with Gasteiger partial charge in [0.25, 0.3) is 0 Å². The Bertz CT molecular complexity index is 363. The Balaban J connectivity index is 2.69. The first-order chi connectivity index (χ1) is 7.67. The fraction of sp³-hybridized carbons (Fsp3) is 0.462. The molecule has 1 N–H and O–H groups in total. The van der Waals surface area contributed by atoms with Crippen LogP contribution in [0.5, 0.6) is 0 Å². The van der Waals surface area contributed by atoms with Crippen LogP contribution in [0.15, 0.2) is 22.7 Å². The second kappa shape index (κ2) is 6.69. The number of amides is 1. The molecular weight excluding hydrogens is 266 g/mol. The van der Waals surface area contributed by atoms with Crippen LogP contribution in [0.25, 0.3) is 0 Å². The number of benzene rings is 1. The molecule has 0 aromatic heterocycles. The molecule has 0 fully saturated rings. The van der Waals surface area contributed by atoms with Gasteiger partial charge in [0.1, 0.15) is 0 Å². The molecule has 0 aliphatic rings. The van der Waals surface area contributed by atoms with Crippen molar-refractivity contribution in [2.45, 2.75) is 39.5 Å². The van der Waals surface area contributed by atoms with Gasteiger partial charge in [-0.15, -0.1) is 0 Å². The van der Waals surface area contributed by atoms with Gasteiger partial charge in [-0.05, 0) is 36.6 Å². The molecule has 0 unspecified atom stereocenters. The van der Waals surface area contributed by atoms with E-state index >= 15 is 0 Å². The van der Waals surface area contributed by atoms with Crippen LogP contribution in [0.4, 0.5) is 5.69 Å². The summed E-state index contributed by atoms with van der Waals surface area (Å²) in [4.78, 5) is 11.6. The van der Waals surface area contributed by atoms with Crippen molar-refractivity contribution >= 4 is 27.5 Å². The first-order valence-corrected chi connectivity index (χ1v) is 6.55. The maximum absolute atomic E-state index is 11.6. The Morgan fingerprint density at radius 1 is 1.38 bits per heavy atom. The lowest BCUT2D eigenvalue weighted by Gasteiger charge is -2.10. The van der Waals surface area contributed by atoms with E-state index in [0.29, 0.717) is 6.42 Å². The SMILES string of the molecule is CCCCC(=O)Nc1ccc(Br)cc1CC. The highest BCUT2D eigenvalue weighted by atomic mass is 79.9. The minimum absolute atomic E-state index is 0.110. The lowest BCUT2D eigenvalue weighted by atomic mass is 10.1. The molecular formula is C13H18BrNO. The number of hydrogen-bond donors (Lipinski definition) is 1. The molecule has 0 bridgehead atoms. The lowest BCUT2D eigenvalue weighted by Crippen LogP contribution is -2.12. The first-order valence-electron chi connectivity index (χ1n) is 5.75. The van der Waals surface area contributed by atoms with Crippen LogP contribution >= 0.6 is 15.9 Å². The number of anilines is 1. The van der Waals surface area contributed by atoms with Crippen molar-refractivity contribution in [1.82, 2.24) is 0 Å². The summed E-state index contributed by atoms with van der Waals surface area (Å²) in [6.07, 6.45) is 3.52. The standard InChI is InChI=1S/C13H18BrNO/c1-3-5-6-13(16)15-12-8-7-11(14)9-10(12)4-2/h7-9H,3-6H2,1-2H3,(H,15,16). The molecule has 2 nitrogen and oxygen atoms in total. The number of aryl methyl sites for hydroxylation is 1. The molecule has 0 aliphatic heterocycles. The van der Waals surface area contributed by atoms with E-state index in [4.69, 9.17) is 0 Å². The second-order valence-electron chi connectivity index (χ2n) is 3.81. The molecule has 1 aromatic carbocycles. The molecule has 0 aliphatic carbocycles. The number of rotatable bonds is 5. The van der Waals surface area contributed by atoms with Crippen LogP contribution in [0, 0.1) is 0 Å². The Kier molecular flexibility index (Phi) is 5.53. The van der Waals surface area contributed by atoms with Crippen molar-refractivity contribution in [3.8, 4) is 0 Å². The van der Waals surface area contributed by atoms with E-state index in [1.165, 1.54) is 5.56 Å². The molecule has 3 heteroatoms. The number of unbranched alkanes of at least 4 members (excludes halogenated alkanes) is 1. The van der Waals surface area contributed by atoms with Gasteiger partial charge < -0.3 is 5.32 Å². The highest BCUT2D eigenvalue weighted by Gasteiger charge is 2.05. The predicted molar refractivity (Wildman–Crippen MR) is 71.7 cm³/mol. The summed E-state index contributed by atoms with van der Waals surface area (Å²) in [5, 5.41) is 2.96. The Morgan fingerprint density at radius 2 is 2.12 bits per heavy atom. The highest BCUT2D eigenvalue weighted by molar-refractivity contribution is 9.10. The average Bonchev–Trinajstić information content (AvgIpc) is 2.28. The van der Waals surface area contributed by atoms with Gasteiger partial charge in [-0.3, -0.25) is 4.79 Å². The third-order valence-corrected chi connectivity index (χ3v) is 2.97. The fourth-order valence-electron chi connectivity index (χ4n) is 1.53. The van der Waals surface area contributed by atoms with Crippen molar-refractivity contribution in [2.75, 3.05) is 5.32 Å². The van der Waals surface area contributed by atoms with Gasteiger partial charge in [-0.1, -0.05) is 36.2 Å². The molecule has 0 saturated carbocycles. The van der Waals surface area contributed by atoms with Crippen molar-refractivity contribution in [1.29, 1.82) is 0 Å². The molecule has 0 saturated heterocycles. The fourth-order valence-corrected chi connectivity index (χ4v) is 1.94. The van der Waals surface area contributed by atoms with Crippen molar-refractivity contribution in [3.63, 3.8) is 0 Å². The van der Waals surface area contributed by atoms with Gasteiger partial charge >= 0.3 is 0 Å². The predicted octanol–water partition coefficient (Wildman–Crippen LogP) is 4.14. The highest BCUT2D eigenvalue weighted by Crippen LogP contribution is 2.21. The number of nitrogens with one attached hydrogen (secondary N) is 1. The van der Waals surface area contributed by atoms with E-state index in [1.807, 2.05) is 12.1 Å². The summed E-state index contributed by atoms with van der Waals surface area (Å²) in [5.74, 6) is 0.110. The number of carbonyl (C=O) groups is 1. The molecule has 0 atom stereocenters. The summed E-state index contributed by atoms with van der Waals surface area (Å²) in [7, 11) is 0. The van der Waals surface area contributed by atoms with Gasteiger partial charge in [0, 0.05) is 16.6 Å². The number of hydrogen-bond acceptors (Lipinski definition) is 1. The maximum atomic E-state index is 11.6. The largest absolute Gasteiger partial charge is 0.326 e. The minimum atomic E-state index is 0.110. The smallest absolute Gasteiger partial charge is 0.224 e. The molecule has 1 aromatic rings. The third-order valence-electron chi connectivity index (χ3n) is 2.48. The third kappa shape index (κ3) is 3.97. The molecule has 16 heavy (non-hydrogen) atoms. The zero-order valence-corrected chi connectivity index (χ0v) is 11.4. The van der Waals surface area contributed by atoms with Crippen LogP contribution in [-0.2, 0) is 11.2 Å². The summed E-state index contributed by atoms with van der Waals surface area (Å²) < 4.78 is 1.05. The summed E-state index contributed by atoms with van der Waals surface area (Å²) in [6.45, 7) is 4.17. The lowest BCUT2D eigenvalue weighted by molar-refractivity contribution is -0.116. The zero-order chi connectivity index (χ0) is 12.0. The van der Waals surface area contributed by atoms with Gasteiger partial charge in [-0.2, -0.15) is 0 Å². The molecule has 0 radical (unpaired) electrons. The zero-order valence-electron chi connectivity index (χ0n) is 9.85. The van der Waals surface area contributed by atoms with Crippen LogP contribution < -0.4 is 5.32 Å². The van der Waals surface area contributed by atoms with Crippen molar-refractivity contribution < 1.29 is 4.79 Å².